The summed E-state index contributed by atoms with van der Waals surface area (Å²) in [7, 11) is 1.65. The van der Waals surface area contributed by atoms with E-state index >= 15 is 0 Å². The van der Waals surface area contributed by atoms with Crippen molar-refractivity contribution in [2.45, 2.75) is 25.2 Å². The van der Waals surface area contributed by atoms with Crippen molar-refractivity contribution < 1.29 is 14.6 Å². The molecule has 0 bridgehead atoms. The summed E-state index contributed by atoms with van der Waals surface area (Å²) in [5.74, 6) is 0.847. The summed E-state index contributed by atoms with van der Waals surface area (Å²) in [6, 6.07) is 7.79. The van der Waals surface area contributed by atoms with Gasteiger partial charge in [0.1, 0.15) is 5.75 Å². The van der Waals surface area contributed by atoms with Crippen molar-refractivity contribution in [2.75, 3.05) is 7.11 Å². The van der Waals surface area contributed by atoms with Gasteiger partial charge in [0, 0.05) is 6.42 Å². The van der Waals surface area contributed by atoms with E-state index in [0.29, 0.717) is 13.0 Å². The van der Waals surface area contributed by atoms with Crippen molar-refractivity contribution >= 4 is 0 Å². The summed E-state index contributed by atoms with van der Waals surface area (Å²) >= 11 is 0. The number of benzene rings is 1. The molecule has 1 N–H and O–H groups in total. The van der Waals surface area contributed by atoms with Crippen molar-refractivity contribution in [1.82, 2.24) is 0 Å². The van der Waals surface area contributed by atoms with Crippen LogP contribution in [0.5, 0.6) is 5.75 Å². The SMILES string of the molecule is COc1ccc(CO[C@H]2C=C[C@H](O)C2)cc1. The summed E-state index contributed by atoms with van der Waals surface area (Å²) in [4.78, 5) is 0. The molecule has 0 heterocycles. The Labute approximate surface area is 95.3 Å². The minimum absolute atomic E-state index is 0.0390. The predicted octanol–water partition coefficient (Wildman–Crippen LogP) is 1.90. The van der Waals surface area contributed by atoms with Crippen LogP contribution in [0, 0.1) is 0 Å². The number of ether oxygens (including phenoxy) is 2. The van der Waals surface area contributed by atoms with Crippen molar-refractivity contribution in [3.05, 3.63) is 42.0 Å². The fraction of sp³-hybridized carbons (Fsp3) is 0.385. The molecule has 16 heavy (non-hydrogen) atoms. The highest BCUT2D eigenvalue weighted by molar-refractivity contribution is 5.26. The zero-order chi connectivity index (χ0) is 11.4. The van der Waals surface area contributed by atoms with E-state index in [1.807, 2.05) is 30.3 Å². The van der Waals surface area contributed by atoms with E-state index in [4.69, 9.17) is 9.47 Å². The van der Waals surface area contributed by atoms with E-state index in [0.717, 1.165) is 11.3 Å². The average Bonchev–Trinajstić information content (AvgIpc) is 2.73. The fourth-order valence-corrected chi connectivity index (χ4v) is 1.70. The molecule has 1 aromatic rings. The highest BCUT2D eigenvalue weighted by Gasteiger charge is 2.16. The van der Waals surface area contributed by atoms with Gasteiger partial charge in [-0.05, 0) is 17.7 Å². The molecule has 86 valence electrons. The maximum absolute atomic E-state index is 9.28. The van der Waals surface area contributed by atoms with Gasteiger partial charge in [-0.1, -0.05) is 24.3 Å². The Bertz CT molecular complexity index is 356. The molecular formula is C13H16O3. The minimum atomic E-state index is -0.346. The molecule has 0 fully saturated rings. The topological polar surface area (TPSA) is 38.7 Å². The molecule has 0 saturated carbocycles. The van der Waals surface area contributed by atoms with Crippen LogP contribution in [0.25, 0.3) is 0 Å². The van der Waals surface area contributed by atoms with Crippen LogP contribution in [0.4, 0.5) is 0 Å². The molecule has 0 amide bonds. The molecular weight excluding hydrogens is 204 g/mol. The normalized spacial score (nSPS) is 23.6. The molecule has 0 spiro atoms. The van der Waals surface area contributed by atoms with E-state index in [-0.39, 0.29) is 12.2 Å². The van der Waals surface area contributed by atoms with Crippen LogP contribution in [0.3, 0.4) is 0 Å². The van der Waals surface area contributed by atoms with Gasteiger partial charge in [0.25, 0.3) is 0 Å². The number of aliphatic hydroxyl groups is 1. The smallest absolute Gasteiger partial charge is 0.118 e. The number of hydrogen-bond donors (Lipinski definition) is 1. The van der Waals surface area contributed by atoms with E-state index in [1.165, 1.54) is 0 Å². The third-order valence-corrected chi connectivity index (χ3v) is 2.64. The van der Waals surface area contributed by atoms with Crippen molar-refractivity contribution in [3.63, 3.8) is 0 Å². The van der Waals surface area contributed by atoms with Gasteiger partial charge in [-0.25, -0.2) is 0 Å². The van der Waals surface area contributed by atoms with Gasteiger partial charge in [-0.3, -0.25) is 0 Å². The van der Waals surface area contributed by atoms with Crippen LogP contribution < -0.4 is 4.74 Å². The second-order valence-electron chi connectivity index (χ2n) is 3.89. The predicted molar refractivity (Wildman–Crippen MR) is 61.3 cm³/mol. The Morgan fingerprint density at radius 2 is 2.00 bits per heavy atom. The quantitative estimate of drug-likeness (QED) is 0.788. The molecule has 2 atom stereocenters. The number of methoxy groups -OCH3 is 1. The number of hydrogen-bond acceptors (Lipinski definition) is 3. The second-order valence-corrected chi connectivity index (χ2v) is 3.89. The maximum Gasteiger partial charge on any atom is 0.118 e. The molecule has 1 aliphatic carbocycles. The Balaban J connectivity index is 1.83. The monoisotopic (exact) mass is 220 g/mol. The molecule has 0 unspecified atom stereocenters. The summed E-state index contributed by atoms with van der Waals surface area (Å²) in [6.07, 6.45) is 4.04. The molecule has 0 aromatic heterocycles. The molecule has 3 nitrogen and oxygen atoms in total. The summed E-state index contributed by atoms with van der Waals surface area (Å²) in [6.45, 7) is 0.561. The van der Waals surface area contributed by atoms with Crippen LogP contribution in [-0.2, 0) is 11.3 Å². The minimum Gasteiger partial charge on any atom is -0.497 e. The summed E-state index contributed by atoms with van der Waals surface area (Å²) in [5, 5.41) is 9.28. The third kappa shape index (κ3) is 2.84. The molecule has 0 radical (unpaired) electrons. The first-order chi connectivity index (χ1) is 7.78. The fourth-order valence-electron chi connectivity index (χ4n) is 1.70. The number of rotatable bonds is 4. The first-order valence-corrected chi connectivity index (χ1v) is 5.39. The van der Waals surface area contributed by atoms with Gasteiger partial charge in [-0.2, -0.15) is 0 Å². The van der Waals surface area contributed by atoms with E-state index in [9.17, 15) is 5.11 Å². The van der Waals surface area contributed by atoms with Crippen molar-refractivity contribution in [1.29, 1.82) is 0 Å². The maximum atomic E-state index is 9.28. The van der Waals surface area contributed by atoms with Crippen LogP contribution in [0.1, 0.15) is 12.0 Å². The van der Waals surface area contributed by atoms with Crippen LogP contribution >= 0.6 is 0 Å². The first kappa shape index (κ1) is 11.2. The van der Waals surface area contributed by atoms with E-state index in [1.54, 1.807) is 13.2 Å². The largest absolute Gasteiger partial charge is 0.497 e. The van der Waals surface area contributed by atoms with E-state index < -0.39 is 0 Å². The molecule has 0 aliphatic heterocycles. The lowest BCUT2D eigenvalue weighted by Crippen LogP contribution is -2.10. The lowest BCUT2D eigenvalue weighted by atomic mass is 10.2. The summed E-state index contributed by atoms with van der Waals surface area (Å²) < 4.78 is 10.7. The molecule has 1 aliphatic rings. The van der Waals surface area contributed by atoms with Gasteiger partial charge in [0.2, 0.25) is 0 Å². The third-order valence-electron chi connectivity index (χ3n) is 2.64. The van der Waals surface area contributed by atoms with Crippen molar-refractivity contribution in [3.8, 4) is 5.75 Å². The van der Waals surface area contributed by atoms with Gasteiger partial charge < -0.3 is 14.6 Å². The Hall–Kier alpha value is -1.32. The van der Waals surface area contributed by atoms with E-state index in [2.05, 4.69) is 0 Å². The first-order valence-electron chi connectivity index (χ1n) is 5.39. The zero-order valence-corrected chi connectivity index (χ0v) is 9.30. The van der Waals surface area contributed by atoms with Gasteiger partial charge in [-0.15, -0.1) is 0 Å². The molecule has 2 rings (SSSR count). The molecule has 0 saturated heterocycles. The van der Waals surface area contributed by atoms with Crippen LogP contribution in [0.15, 0.2) is 36.4 Å². The Kier molecular flexibility index (Phi) is 3.59. The van der Waals surface area contributed by atoms with Crippen LogP contribution in [0.2, 0.25) is 0 Å². The Morgan fingerprint density at radius 3 is 2.56 bits per heavy atom. The molecule has 3 heteroatoms. The molecule has 1 aromatic carbocycles. The highest BCUT2D eigenvalue weighted by atomic mass is 16.5. The van der Waals surface area contributed by atoms with Crippen LogP contribution in [-0.4, -0.2) is 24.4 Å². The van der Waals surface area contributed by atoms with Gasteiger partial charge >= 0.3 is 0 Å². The average molecular weight is 220 g/mol. The highest BCUT2D eigenvalue weighted by Crippen LogP contribution is 2.17. The second kappa shape index (κ2) is 5.14. The van der Waals surface area contributed by atoms with Crippen molar-refractivity contribution in [2.24, 2.45) is 0 Å². The van der Waals surface area contributed by atoms with Gasteiger partial charge in [0.05, 0.1) is 25.9 Å². The standard InChI is InChI=1S/C13H16O3/c1-15-12-5-2-10(3-6-12)9-16-13-7-4-11(14)8-13/h2-7,11,13-14H,8-9H2,1H3/t11-,13-/m0/s1. The lowest BCUT2D eigenvalue weighted by Gasteiger charge is -2.11. The summed E-state index contributed by atoms with van der Waals surface area (Å²) in [5.41, 5.74) is 1.11. The Morgan fingerprint density at radius 1 is 1.25 bits per heavy atom. The lowest BCUT2D eigenvalue weighted by molar-refractivity contribution is 0.0528. The number of aliphatic hydroxyl groups excluding tert-OH is 1. The van der Waals surface area contributed by atoms with Gasteiger partial charge in [0.15, 0.2) is 0 Å². The zero-order valence-electron chi connectivity index (χ0n) is 9.30.